The van der Waals surface area contributed by atoms with Gasteiger partial charge in [-0.2, -0.15) is 0 Å². The van der Waals surface area contributed by atoms with Crippen LogP contribution in [0.1, 0.15) is 11.3 Å². The van der Waals surface area contributed by atoms with E-state index < -0.39 is 0 Å². The fourth-order valence-electron chi connectivity index (χ4n) is 2.66. The first-order valence-electron chi connectivity index (χ1n) is 7.79. The van der Waals surface area contributed by atoms with Crippen molar-refractivity contribution >= 4 is 66.6 Å². The smallest absolute Gasteiger partial charge is 0.306 e. The van der Waals surface area contributed by atoms with Gasteiger partial charge in [-0.15, -0.1) is 11.3 Å². The van der Waals surface area contributed by atoms with Gasteiger partial charge in [0.05, 0.1) is 32.1 Å². The third-order valence-corrected chi connectivity index (χ3v) is 7.02. The Labute approximate surface area is 160 Å². The summed E-state index contributed by atoms with van der Waals surface area (Å²) in [6, 6.07) is 7.91. The maximum Gasteiger partial charge on any atom is 0.306 e. The van der Waals surface area contributed by atoms with Crippen molar-refractivity contribution in [2.45, 2.75) is 18.2 Å². The first kappa shape index (κ1) is 17.2. The van der Waals surface area contributed by atoms with Crippen molar-refractivity contribution < 1.29 is 4.79 Å². The molecule has 4 aromatic rings. The Morgan fingerprint density at radius 1 is 1.23 bits per heavy atom. The normalized spacial score (nSPS) is 11.3. The van der Waals surface area contributed by atoms with Crippen LogP contribution in [0, 0.1) is 13.8 Å². The summed E-state index contributed by atoms with van der Waals surface area (Å²) in [7, 11) is 0. The molecular formula is C17H14N4O2S3. The van der Waals surface area contributed by atoms with Crippen molar-refractivity contribution in [2.75, 3.05) is 11.1 Å². The molecule has 2 N–H and O–H groups in total. The lowest BCUT2D eigenvalue weighted by Gasteiger charge is -2.11. The number of thiazole rings is 2. The molecule has 0 aliphatic rings. The second-order valence-corrected chi connectivity index (χ2v) is 8.91. The van der Waals surface area contributed by atoms with Crippen LogP contribution in [0.15, 0.2) is 33.4 Å². The average molecular weight is 403 g/mol. The minimum absolute atomic E-state index is 0.121. The largest absolute Gasteiger partial charge is 0.324 e. The topological polar surface area (TPSA) is 87.7 Å². The molecule has 6 nitrogen and oxygen atoms in total. The number of aryl methyl sites for hydroxylation is 2. The molecule has 1 aromatic carbocycles. The molecule has 0 aliphatic carbocycles. The summed E-state index contributed by atoms with van der Waals surface area (Å²) >= 11 is 4.10. The fraction of sp³-hybridized carbons (Fsp3) is 0.176. The van der Waals surface area contributed by atoms with Crippen LogP contribution in [-0.4, -0.2) is 26.6 Å². The van der Waals surface area contributed by atoms with Crippen LogP contribution in [0.5, 0.6) is 0 Å². The number of aromatic amines is 1. The van der Waals surface area contributed by atoms with E-state index in [1.54, 1.807) is 11.3 Å². The minimum atomic E-state index is -0.148. The highest BCUT2D eigenvalue weighted by Gasteiger charge is 2.15. The number of amides is 1. The van der Waals surface area contributed by atoms with E-state index >= 15 is 0 Å². The first-order chi connectivity index (χ1) is 12.5. The summed E-state index contributed by atoms with van der Waals surface area (Å²) in [5.74, 6) is 0.143. The van der Waals surface area contributed by atoms with Gasteiger partial charge in [0.2, 0.25) is 5.91 Å². The first-order valence-corrected chi connectivity index (χ1v) is 10.4. The number of fused-ring (bicyclic) bond motifs is 2. The van der Waals surface area contributed by atoms with Gasteiger partial charge in [0.25, 0.3) is 0 Å². The molecule has 132 valence electrons. The van der Waals surface area contributed by atoms with E-state index in [1.165, 1.54) is 11.8 Å². The summed E-state index contributed by atoms with van der Waals surface area (Å²) in [6.07, 6.45) is 0. The van der Waals surface area contributed by atoms with Crippen LogP contribution >= 0.6 is 34.4 Å². The maximum atomic E-state index is 12.4. The maximum absolute atomic E-state index is 12.4. The molecule has 0 aliphatic heterocycles. The van der Waals surface area contributed by atoms with E-state index in [4.69, 9.17) is 0 Å². The van der Waals surface area contributed by atoms with Gasteiger partial charge in [-0.25, -0.2) is 9.97 Å². The Kier molecular flexibility index (Phi) is 4.51. The molecular weight excluding hydrogens is 388 g/mol. The number of hydrogen-bond donors (Lipinski definition) is 2. The number of pyridine rings is 1. The van der Waals surface area contributed by atoms with Crippen LogP contribution in [0.25, 0.3) is 20.6 Å². The van der Waals surface area contributed by atoms with E-state index in [9.17, 15) is 9.59 Å². The minimum Gasteiger partial charge on any atom is -0.324 e. The van der Waals surface area contributed by atoms with Gasteiger partial charge >= 0.3 is 4.87 Å². The van der Waals surface area contributed by atoms with Crippen molar-refractivity contribution in [1.29, 1.82) is 0 Å². The Morgan fingerprint density at radius 3 is 2.85 bits per heavy atom. The number of nitrogens with zero attached hydrogens (tertiary/aromatic N) is 2. The molecule has 3 heterocycles. The molecule has 0 unspecified atom stereocenters. The Bertz CT molecular complexity index is 1160. The lowest BCUT2D eigenvalue weighted by atomic mass is 10.2. The second-order valence-electron chi connectivity index (χ2n) is 5.67. The number of hydrogen-bond acceptors (Lipinski definition) is 7. The fourth-order valence-corrected chi connectivity index (χ4v) is 5.31. The quantitative estimate of drug-likeness (QED) is 0.505. The zero-order chi connectivity index (χ0) is 18.3. The van der Waals surface area contributed by atoms with Gasteiger partial charge < -0.3 is 5.32 Å². The number of carbonyl (C=O) groups is 1. The SMILES string of the molecule is Cc1nc2[nH]c(=O)sc2c(C)c1NC(=O)CSc1nc2ccccc2s1. The van der Waals surface area contributed by atoms with Crippen molar-refractivity contribution in [3.8, 4) is 0 Å². The number of carbonyl (C=O) groups excluding carboxylic acids is 1. The summed E-state index contributed by atoms with van der Waals surface area (Å²) in [6.45, 7) is 3.70. The van der Waals surface area contributed by atoms with E-state index in [0.717, 1.165) is 36.2 Å². The molecule has 4 rings (SSSR count). The van der Waals surface area contributed by atoms with Gasteiger partial charge in [-0.05, 0) is 31.5 Å². The highest BCUT2D eigenvalue weighted by Crippen LogP contribution is 2.30. The number of aromatic nitrogens is 3. The van der Waals surface area contributed by atoms with Crippen LogP contribution in [0.4, 0.5) is 5.69 Å². The van der Waals surface area contributed by atoms with Gasteiger partial charge in [-0.3, -0.25) is 14.6 Å². The molecule has 0 radical (unpaired) electrons. The number of nitrogens with one attached hydrogen (secondary N) is 2. The summed E-state index contributed by atoms with van der Waals surface area (Å²) in [4.78, 5) is 35.4. The zero-order valence-corrected chi connectivity index (χ0v) is 16.4. The molecule has 0 saturated carbocycles. The summed E-state index contributed by atoms with van der Waals surface area (Å²) in [5.41, 5.74) is 3.72. The van der Waals surface area contributed by atoms with Gasteiger partial charge in [0, 0.05) is 0 Å². The van der Waals surface area contributed by atoms with E-state index in [-0.39, 0.29) is 16.5 Å². The number of benzene rings is 1. The van der Waals surface area contributed by atoms with Gasteiger partial charge in [0.15, 0.2) is 9.99 Å². The molecule has 0 saturated heterocycles. The molecule has 0 bridgehead atoms. The number of thioether (sulfide) groups is 1. The second kappa shape index (κ2) is 6.82. The molecule has 26 heavy (non-hydrogen) atoms. The van der Waals surface area contributed by atoms with Crippen molar-refractivity contribution in [3.05, 3.63) is 45.2 Å². The third-order valence-electron chi connectivity index (χ3n) is 3.85. The zero-order valence-electron chi connectivity index (χ0n) is 14.0. The lowest BCUT2D eigenvalue weighted by Crippen LogP contribution is -2.16. The number of rotatable bonds is 4. The summed E-state index contributed by atoms with van der Waals surface area (Å²) < 4.78 is 2.75. The molecule has 9 heteroatoms. The van der Waals surface area contributed by atoms with Crippen LogP contribution < -0.4 is 10.2 Å². The van der Waals surface area contributed by atoms with E-state index in [0.29, 0.717) is 17.0 Å². The Hall–Kier alpha value is -2.23. The van der Waals surface area contributed by atoms with Crippen LogP contribution in [-0.2, 0) is 4.79 Å². The van der Waals surface area contributed by atoms with E-state index in [2.05, 4.69) is 20.3 Å². The standard InChI is InChI=1S/C17H14N4O2S3/c1-8-13(9(2)18-15-14(8)26-16(23)21-15)20-12(22)7-24-17-19-10-5-3-4-6-11(10)25-17/h3-6H,7H2,1-2H3,(H,20,22)(H,18,21,23). The molecule has 0 fully saturated rings. The molecule has 0 atom stereocenters. The van der Waals surface area contributed by atoms with Crippen LogP contribution in [0.3, 0.4) is 0 Å². The highest BCUT2D eigenvalue weighted by atomic mass is 32.2. The van der Waals surface area contributed by atoms with Crippen molar-refractivity contribution in [1.82, 2.24) is 15.0 Å². The molecule has 0 spiro atoms. The Balaban J connectivity index is 1.51. The predicted molar refractivity (Wildman–Crippen MR) is 109 cm³/mol. The van der Waals surface area contributed by atoms with Crippen LogP contribution in [0.2, 0.25) is 0 Å². The summed E-state index contributed by atoms with van der Waals surface area (Å²) in [5, 5.41) is 2.93. The lowest BCUT2D eigenvalue weighted by molar-refractivity contribution is -0.113. The van der Waals surface area contributed by atoms with Gasteiger partial charge in [-0.1, -0.05) is 35.2 Å². The number of para-hydroxylation sites is 1. The highest BCUT2D eigenvalue weighted by molar-refractivity contribution is 8.01. The monoisotopic (exact) mass is 402 g/mol. The van der Waals surface area contributed by atoms with Gasteiger partial charge in [0.1, 0.15) is 0 Å². The van der Waals surface area contributed by atoms with E-state index in [1.807, 2.05) is 38.1 Å². The predicted octanol–water partition coefficient (Wildman–Crippen LogP) is 3.94. The Morgan fingerprint density at radius 2 is 2.04 bits per heavy atom. The van der Waals surface area contributed by atoms with Crippen molar-refractivity contribution in [3.63, 3.8) is 0 Å². The number of H-pyrrole nitrogens is 1. The molecule has 1 amide bonds. The number of anilines is 1. The molecule has 3 aromatic heterocycles. The average Bonchev–Trinajstić information content (AvgIpc) is 3.19. The third kappa shape index (κ3) is 3.25. The van der Waals surface area contributed by atoms with Crippen molar-refractivity contribution in [2.24, 2.45) is 0 Å².